The third kappa shape index (κ3) is 4.42. The molecule has 0 aromatic heterocycles. The summed E-state index contributed by atoms with van der Waals surface area (Å²) >= 11 is 0. The predicted molar refractivity (Wildman–Crippen MR) is 106 cm³/mol. The number of anilines is 1. The van der Waals surface area contributed by atoms with Crippen LogP contribution in [0.3, 0.4) is 0 Å². The minimum absolute atomic E-state index is 0.254. The van der Waals surface area contributed by atoms with Crippen molar-refractivity contribution in [2.24, 2.45) is 0 Å². The second-order valence-corrected chi connectivity index (χ2v) is 6.00. The standard InChI is InChI=1S/C23H21NO3/c1-2-24-20-16-10-9-15-19(20)23(26)27-22(18-13-7-4-8-14-18)21(25)17-11-5-3-6-12-17/h3-16,22,24H,2H2,1H3. The van der Waals surface area contributed by atoms with E-state index < -0.39 is 12.1 Å². The average Bonchev–Trinajstić information content (AvgIpc) is 2.73. The number of ketones is 1. The molecule has 1 atom stereocenters. The Morgan fingerprint density at radius 3 is 2.11 bits per heavy atom. The van der Waals surface area contributed by atoms with E-state index in [1.54, 1.807) is 48.5 Å². The molecule has 3 aromatic carbocycles. The molecule has 0 aliphatic carbocycles. The molecule has 3 rings (SSSR count). The topological polar surface area (TPSA) is 55.4 Å². The number of nitrogens with one attached hydrogen (secondary N) is 1. The summed E-state index contributed by atoms with van der Waals surface area (Å²) in [5.74, 6) is -0.791. The lowest BCUT2D eigenvalue weighted by Gasteiger charge is -2.18. The fourth-order valence-electron chi connectivity index (χ4n) is 2.83. The van der Waals surface area contributed by atoms with Gasteiger partial charge in [0, 0.05) is 23.4 Å². The number of hydrogen-bond donors (Lipinski definition) is 1. The first-order chi connectivity index (χ1) is 13.2. The molecule has 0 radical (unpaired) electrons. The number of para-hydroxylation sites is 1. The molecule has 0 saturated carbocycles. The first-order valence-corrected chi connectivity index (χ1v) is 8.88. The molecule has 0 saturated heterocycles. The van der Waals surface area contributed by atoms with Crippen molar-refractivity contribution in [1.82, 2.24) is 0 Å². The van der Waals surface area contributed by atoms with E-state index in [-0.39, 0.29) is 5.78 Å². The van der Waals surface area contributed by atoms with Gasteiger partial charge in [0.05, 0.1) is 5.56 Å². The Bertz CT molecular complexity index is 907. The van der Waals surface area contributed by atoms with Gasteiger partial charge in [0.1, 0.15) is 0 Å². The van der Waals surface area contributed by atoms with E-state index in [1.165, 1.54) is 0 Å². The van der Waals surface area contributed by atoms with E-state index in [0.29, 0.717) is 28.9 Å². The molecular formula is C23H21NO3. The zero-order chi connectivity index (χ0) is 19.1. The van der Waals surface area contributed by atoms with Gasteiger partial charge in [-0.15, -0.1) is 0 Å². The van der Waals surface area contributed by atoms with Gasteiger partial charge in [-0.05, 0) is 19.1 Å². The van der Waals surface area contributed by atoms with Crippen LogP contribution in [0.25, 0.3) is 0 Å². The van der Waals surface area contributed by atoms with Crippen molar-refractivity contribution in [3.63, 3.8) is 0 Å². The molecule has 0 bridgehead atoms. The summed E-state index contributed by atoms with van der Waals surface area (Å²) in [6, 6.07) is 25.1. The van der Waals surface area contributed by atoms with Gasteiger partial charge in [-0.2, -0.15) is 0 Å². The van der Waals surface area contributed by atoms with Crippen LogP contribution in [0.15, 0.2) is 84.9 Å². The Labute approximate surface area is 158 Å². The van der Waals surface area contributed by atoms with E-state index >= 15 is 0 Å². The third-order valence-corrected chi connectivity index (χ3v) is 4.14. The Kier molecular flexibility index (Phi) is 6.00. The molecule has 3 aromatic rings. The maximum absolute atomic E-state index is 13.0. The first kappa shape index (κ1) is 18.4. The molecule has 27 heavy (non-hydrogen) atoms. The predicted octanol–water partition coefficient (Wildman–Crippen LogP) is 4.90. The van der Waals surface area contributed by atoms with Gasteiger partial charge in [-0.1, -0.05) is 72.8 Å². The first-order valence-electron chi connectivity index (χ1n) is 8.88. The minimum atomic E-state index is -1.00. The lowest BCUT2D eigenvalue weighted by Crippen LogP contribution is -2.21. The molecule has 0 heterocycles. The van der Waals surface area contributed by atoms with E-state index in [9.17, 15) is 9.59 Å². The summed E-state index contributed by atoms with van der Waals surface area (Å²) < 4.78 is 5.70. The second-order valence-electron chi connectivity index (χ2n) is 6.00. The highest BCUT2D eigenvalue weighted by Crippen LogP contribution is 2.26. The SMILES string of the molecule is CCNc1ccccc1C(=O)OC(C(=O)c1ccccc1)c1ccccc1. The Morgan fingerprint density at radius 2 is 1.44 bits per heavy atom. The van der Waals surface area contributed by atoms with Gasteiger partial charge < -0.3 is 10.1 Å². The highest BCUT2D eigenvalue weighted by molar-refractivity contribution is 6.03. The number of ether oxygens (including phenoxy) is 1. The molecule has 0 spiro atoms. The second kappa shape index (κ2) is 8.81. The van der Waals surface area contributed by atoms with Crippen LogP contribution in [0.2, 0.25) is 0 Å². The van der Waals surface area contributed by atoms with E-state index in [2.05, 4.69) is 5.32 Å². The molecule has 1 N–H and O–H groups in total. The molecule has 0 aliphatic heterocycles. The van der Waals surface area contributed by atoms with Crippen LogP contribution >= 0.6 is 0 Å². The van der Waals surface area contributed by atoms with Gasteiger partial charge >= 0.3 is 5.97 Å². The zero-order valence-electron chi connectivity index (χ0n) is 15.1. The molecule has 136 valence electrons. The smallest absolute Gasteiger partial charge is 0.341 e. The van der Waals surface area contributed by atoms with Crippen LogP contribution in [0.5, 0.6) is 0 Å². The largest absolute Gasteiger partial charge is 0.445 e. The normalized spacial score (nSPS) is 11.4. The maximum Gasteiger partial charge on any atom is 0.341 e. The number of carbonyl (C=O) groups excluding carboxylic acids is 2. The molecule has 4 nitrogen and oxygen atoms in total. The molecule has 0 aliphatic rings. The van der Waals surface area contributed by atoms with E-state index in [0.717, 1.165) is 0 Å². The maximum atomic E-state index is 13.0. The van der Waals surface area contributed by atoms with Gasteiger partial charge in [0.15, 0.2) is 6.10 Å². The summed E-state index contributed by atoms with van der Waals surface area (Å²) in [6.45, 7) is 2.63. The van der Waals surface area contributed by atoms with Crippen molar-refractivity contribution in [3.8, 4) is 0 Å². The van der Waals surface area contributed by atoms with Crippen LogP contribution in [0, 0.1) is 0 Å². The van der Waals surface area contributed by atoms with Crippen LogP contribution in [0.4, 0.5) is 5.69 Å². The van der Waals surface area contributed by atoms with Gasteiger partial charge in [-0.3, -0.25) is 4.79 Å². The monoisotopic (exact) mass is 359 g/mol. The van der Waals surface area contributed by atoms with Crippen molar-refractivity contribution in [2.45, 2.75) is 13.0 Å². The van der Waals surface area contributed by atoms with Crippen LogP contribution < -0.4 is 5.32 Å². The highest BCUT2D eigenvalue weighted by atomic mass is 16.5. The Balaban J connectivity index is 1.93. The molecule has 0 fully saturated rings. The number of esters is 1. The van der Waals surface area contributed by atoms with Gasteiger partial charge in [0.2, 0.25) is 5.78 Å². The van der Waals surface area contributed by atoms with E-state index in [4.69, 9.17) is 4.74 Å². The summed E-state index contributed by atoms with van der Waals surface area (Å²) in [5, 5.41) is 3.15. The van der Waals surface area contributed by atoms with E-state index in [1.807, 2.05) is 43.3 Å². The number of hydrogen-bond acceptors (Lipinski definition) is 4. The van der Waals surface area contributed by atoms with Crippen LogP contribution in [-0.2, 0) is 4.74 Å². The summed E-state index contributed by atoms with van der Waals surface area (Å²) in [4.78, 5) is 25.9. The van der Waals surface area contributed by atoms with Crippen molar-refractivity contribution in [2.75, 3.05) is 11.9 Å². The lowest BCUT2D eigenvalue weighted by molar-refractivity contribution is 0.0281. The molecule has 4 heteroatoms. The number of Topliss-reactive ketones (excluding diaryl/α,β-unsaturated/α-hetero) is 1. The summed E-state index contributed by atoms with van der Waals surface area (Å²) in [6.07, 6.45) is -1.00. The quantitative estimate of drug-likeness (QED) is 0.481. The fraction of sp³-hybridized carbons (Fsp3) is 0.130. The van der Waals surface area contributed by atoms with Gasteiger partial charge in [-0.25, -0.2) is 4.79 Å². The third-order valence-electron chi connectivity index (χ3n) is 4.14. The summed E-state index contributed by atoms with van der Waals surface area (Å²) in [7, 11) is 0. The van der Waals surface area contributed by atoms with Crippen LogP contribution in [-0.4, -0.2) is 18.3 Å². The number of benzene rings is 3. The average molecular weight is 359 g/mol. The van der Waals surface area contributed by atoms with Crippen LogP contribution in [0.1, 0.15) is 39.3 Å². The fourth-order valence-corrected chi connectivity index (χ4v) is 2.83. The minimum Gasteiger partial charge on any atom is -0.445 e. The number of rotatable bonds is 7. The molecule has 0 amide bonds. The molecule has 1 unspecified atom stereocenters. The molecular weight excluding hydrogens is 338 g/mol. The Morgan fingerprint density at radius 1 is 0.852 bits per heavy atom. The zero-order valence-corrected chi connectivity index (χ0v) is 15.1. The van der Waals surface area contributed by atoms with Crippen molar-refractivity contribution in [1.29, 1.82) is 0 Å². The van der Waals surface area contributed by atoms with Crippen molar-refractivity contribution in [3.05, 3.63) is 102 Å². The summed E-state index contributed by atoms with van der Waals surface area (Å²) in [5.41, 5.74) is 2.23. The highest BCUT2D eigenvalue weighted by Gasteiger charge is 2.27. The Hall–Kier alpha value is -3.40. The van der Waals surface area contributed by atoms with Crippen molar-refractivity contribution >= 4 is 17.4 Å². The number of carbonyl (C=O) groups is 2. The lowest BCUT2D eigenvalue weighted by atomic mass is 9.99. The van der Waals surface area contributed by atoms with Gasteiger partial charge in [0.25, 0.3) is 0 Å². The van der Waals surface area contributed by atoms with Crippen molar-refractivity contribution < 1.29 is 14.3 Å².